The van der Waals surface area contributed by atoms with E-state index in [-0.39, 0.29) is 11.9 Å². The van der Waals surface area contributed by atoms with Gasteiger partial charge in [-0.05, 0) is 36.8 Å². The highest BCUT2D eigenvalue weighted by atomic mass is 16.5. The first kappa shape index (κ1) is 16.7. The molecule has 2 aromatic carbocycles. The van der Waals surface area contributed by atoms with Crippen molar-refractivity contribution in [3.05, 3.63) is 65.5 Å². The summed E-state index contributed by atoms with van der Waals surface area (Å²) in [5.74, 6) is -0.587. The monoisotopic (exact) mass is 338 g/mol. The summed E-state index contributed by atoms with van der Waals surface area (Å²) < 4.78 is 1.74. The normalized spacial score (nSPS) is 12.0. The van der Waals surface area contributed by atoms with Gasteiger partial charge in [0.25, 0.3) is 11.8 Å². The van der Waals surface area contributed by atoms with E-state index in [9.17, 15) is 9.59 Å². The van der Waals surface area contributed by atoms with Crippen LogP contribution in [0.5, 0.6) is 0 Å². The van der Waals surface area contributed by atoms with Gasteiger partial charge in [-0.3, -0.25) is 14.8 Å². The van der Waals surface area contributed by atoms with Gasteiger partial charge in [0.05, 0.1) is 17.1 Å². The number of amides is 2. The number of nitrogens with one attached hydrogen (secondary N) is 2. The summed E-state index contributed by atoms with van der Waals surface area (Å²) >= 11 is 0. The molecule has 0 saturated heterocycles. The first-order chi connectivity index (χ1) is 12.0. The Morgan fingerprint density at radius 2 is 1.88 bits per heavy atom. The number of nitrogens with zero attached hydrogens (tertiary/aromatic N) is 2. The van der Waals surface area contributed by atoms with Gasteiger partial charge in [0.15, 0.2) is 5.82 Å². The van der Waals surface area contributed by atoms with E-state index >= 15 is 0 Å². The third-order valence-corrected chi connectivity index (χ3v) is 4.09. The predicted octanol–water partition coefficient (Wildman–Crippen LogP) is 2.18. The molecule has 3 aromatic rings. The molecule has 0 radical (unpaired) electrons. The number of hydrogen-bond acceptors (Lipinski definition) is 4. The van der Waals surface area contributed by atoms with Crippen molar-refractivity contribution < 1.29 is 14.8 Å². The molecular weight excluding hydrogens is 320 g/mol. The van der Waals surface area contributed by atoms with Gasteiger partial charge in [0.1, 0.15) is 0 Å². The Bertz CT molecular complexity index is 948. The lowest BCUT2D eigenvalue weighted by atomic mass is 10.0. The lowest BCUT2D eigenvalue weighted by molar-refractivity contribution is 0.0706. The third-order valence-electron chi connectivity index (χ3n) is 4.09. The number of aryl methyl sites for hydroxylation is 1. The second-order valence-electron chi connectivity index (χ2n) is 5.74. The number of fused-ring (bicyclic) bond motifs is 1. The zero-order valence-electron chi connectivity index (χ0n) is 13.9. The van der Waals surface area contributed by atoms with Crippen LogP contribution >= 0.6 is 0 Å². The molecule has 1 unspecified atom stereocenters. The first-order valence-corrected chi connectivity index (χ1v) is 7.78. The molecule has 1 heterocycles. The molecule has 0 aliphatic carbocycles. The summed E-state index contributed by atoms with van der Waals surface area (Å²) in [4.78, 5) is 28.5. The van der Waals surface area contributed by atoms with E-state index in [1.54, 1.807) is 41.4 Å². The molecule has 0 spiro atoms. The van der Waals surface area contributed by atoms with Crippen molar-refractivity contribution in [2.45, 2.75) is 13.0 Å². The summed E-state index contributed by atoms with van der Waals surface area (Å²) in [5, 5.41) is 11.6. The Kier molecular flexibility index (Phi) is 4.49. The molecule has 7 nitrogen and oxygen atoms in total. The van der Waals surface area contributed by atoms with E-state index < -0.39 is 5.91 Å². The zero-order valence-corrected chi connectivity index (χ0v) is 13.9. The summed E-state index contributed by atoms with van der Waals surface area (Å²) in [6.07, 6.45) is 0. The van der Waals surface area contributed by atoms with E-state index in [4.69, 9.17) is 5.21 Å². The van der Waals surface area contributed by atoms with Gasteiger partial charge in [-0.1, -0.05) is 24.3 Å². The van der Waals surface area contributed by atoms with Gasteiger partial charge in [-0.2, -0.15) is 0 Å². The largest absolute Gasteiger partial charge is 0.343 e. The van der Waals surface area contributed by atoms with Crippen LogP contribution < -0.4 is 10.8 Å². The van der Waals surface area contributed by atoms with E-state index in [2.05, 4.69) is 10.3 Å². The fourth-order valence-electron chi connectivity index (χ4n) is 2.71. The van der Waals surface area contributed by atoms with Crippen molar-refractivity contribution in [1.29, 1.82) is 0 Å². The minimum atomic E-state index is -0.601. The number of benzene rings is 2. The zero-order chi connectivity index (χ0) is 18.0. The van der Waals surface area contributed by atoms with Crippen LogP contribution in [-0.4, -0.2) is 26.6 Å². The Balaban J connectivity index is 1.82. The second-order valence-corrected chi connectivity index (χ2v) is 5.74. The molecule has 0 fully saturated rings. The van der Waals surface area contributed by atoms with Crippen molar-refractivity contribution in [1.82, 2.24) is 20.3 Å². The number of carbonyl (C=O) groups excluding carboxylic acids is 2. The molecule has 25 heavy (non-hydrogen) atoms. The lowest BCUT2D eigenvalue weighted by Crippen LogP contribution is -2.29. The van der Waals surface area contributed by atoms with Crippen LogP contribution in [0.2, 0.25) is 0 Å². The fraction of sp³-hybridized carbons (Fsp3) is 0.167. The summed E-state index contributed by atoms with van der Waals surface area (Å²) in [6.45, 7) is 1.82. The molecular formula is C18H18N4O3. The molecule has 3 N–H and O–H groups in total. The summed E-state index contributed by atoms with van der Waals surface area (Å²) in [6, 6.07) is 13.9. The Hall–Kier alpha value is -3.19. The molecule has 3 rings (SSSR count). The number of aromatic nitrogens is 2. The first-order valence-electron chi connectivity index (χ1n) is 7.78. The average Bonchev–Trinajstić information content (AvgIpc) is 2.98. The SMILES string of the molecule is CC(NC(=O)c1nc2ccccc2n1C)c1cccc(C(=O)NO)c1. The Labute approximate surface area is 144 Å². The summed E-state index contributed by atoms with van der Waals surface area (Å²) in [7, 11) is 1.79. The molecule has 0 aliphatic rings. The van der Waals surface area contributed by atoms with Gasteiger partial charge in [-0.25, -0.2) is 10.5 Å². The van der Waals surface area contributed by atoms with Crippen molar-refractivity contribution in [3.8, 4) is 0 Å². The topological polar surface area (TPSA) is 96.2 Å². The maximum Gasteiger partial charge on any atom is 0.287 e. The number of hydrogen-bond donors (Lipinski definition) is 3. The van der Waals surface area contributed by atoms with Crippen LogP contribution in [-0.2, 0) is 7.05 Å². The number of para-hydroxylation sites is 2. The minimum Gasteiger partial charge on any atom is -0.343 e. The van der Waals surface area contributed by atoms with Crippen LogP contribution in [0, 0.1) is 0 Å². The third kappa shape index (κ3) is 3.22. The molecule has 1 atom stereocenters. The van der Waals surface area contributed by atoms with Crippen molar-refractivity contribution >= 4 is 22.8 Å². The van der Waals surface area contributed by atoms with Crippen LogP contribution in [0.4, 0.5) is 0 Å². The second kappa shape index (κ2) is 6.74. The van der Waals surface area contributed by atoms with Crippen molar-refractivity contribution in [2.24, 2.45) is 7.05 Å². The Morgan fingerprint density at radius 3 is 2.60 bits per heavy atom. The number of rotatable bonds is 4. The van der Waals surface area contributed by atoms with Gasteiger partial charge >= 0.3 is 0 Å². The van der Waals surface area contributed by atoms with Crippen LogP contribution in [0.25, 0.3) is 11.0 Å². The number of imidazole rings is 1. The highest BCUT2D eigenvalue weighted by molar-refractivity contribution is 5.95. The number of hydroxylamine groups is 1. The lowest BCUT2D eigenvalue weighted by Gasteiger charge is -2.15. The maximum atomic E-state index is 12.6. The molecule has 2 amide bonds. The van der Waals surface area contributed by atoms with E-state index in [1.165, 1.54) is 0 Å². The highest BCUT2D eigenvalue weighted by Gasteiger charge is 2.18. The summed E-state index contributed by atoms with van der Waals surface area (Å²) in [5.41, 5.74) is 4.28. The molecule has 128 valence electrons. The average molecular weight is 338 g/mol. The molecule has 1 aromatic heterocycles. The van der Waals surface area contributed by atoms with E-state index in [0.717, 1.165) is 16.6 Å². The van der Waals surface area contributed by atoms with Crippen LogP contribution in [0.1, 0.15) is 39.5 Å². The maximum absolute atomic E-state index is 12.6. The van der Waals surface area contributed by atoms with Crippen LogP contribution in [0.15, 0.2) is 48.5 Å². The van der Waals surface area contributed by atoms with Gasteiger partial charge in [-0.15, -0.1) is 0 Å². The predicted molar refractivity (Wildman–Crippen MR) is 92.3 cm³/mol. The molecule has 7 heteroatoms. The van der Waals surface area contributed by atoms with E-state index in [0.29, 0.717) is 11.4 Å². The smallest absolute Gasteiger partial charge is 0.287 e. The van der Waals surface area contributed by atoms with Gasteiger partial charge < -0.3 is 9.88 Å². The van der Waals surface area contributed by atoms with Crippen molar-refractivity contribution in [3.63, 3.8) is 0 Å². The highest BCUT2D eigenvalue weighted by Crippen LogP contribution is 2.17. The van der Waals surface area contributed by atoms with Crippen molar-refractivity contribution in [2.75, 3.05) is 0 Å². The Morgan fingerprint density at radius 1 is 1.12 bits per heavy atom. The minimum absolute atomic E-state index is 0.303. The quantitative estimate of drug-likeness (QED) is 0.502. The molecule has 0 bridgehead atoms. The standard InChI is InChI=1S/C18H18N4O3/c1-11(12-6-5-7-13(10-12)17(23)21-25)19-18(24)16-20-14-8-3-4-9-15(14)22(16)2/h3-11,25H,1-2H3,(H,19,24)(H,21,23). The fourth-order valence-corrected chi connectivity index (χ4v) is 2.71. The van der Waals surface area contributed by atoms with E-state index in [1.807, 2.05) is 31.2 Å². The van der Waals surface area contributed by atoms with Crippen LogP contribution in [0.3, 0.4) is 0 Å². The van der Waals surface area contributed by atoms with Gasteiger partial charge in [0, 0.05) is 12.6 Å². The molecule has 0 saturated carbocycles. The molecule has 0 aliphatic heterocycles. The van der Waals surface area contributed by atoms with Gasteiger partial charge in [0.2, 0.25) is 0 Å². The number of carbonyl (C=O) groups is 2.